The quantitative estimate of drug-likeness (QED) is 0.623. The lowest BCUT2D eigenvalue weighted by molar-refractivity contribution is -0.134. The summed E-state index contributed by atoms with van der Waals surface area (Å²) >= 11 is 6.03. The van der Waals surface area contributed by atoms with E-state index in [2.05, 4.69) is 4.74 Å². The minimum atomic E-state index is -3.72. The lowest BCUT2D eigenvalue weighted by Crippen LogP contribution is -2.51. The van der Waals surface area contributed by atoms with Gasteiger partial charge in [0.25, 0.3) is 5.91 Å². The first-order valence-electron chi connectivity index (χ1n) is 9.16. The number of piperazine rings is 1. The third-order valence-electron chi connectivity index (χ3n) is 4.66. The fourth-order valence-electron chi connectivity index (χ4n) is 3.04. The van der Waals surface area contributed by atoms with Gasteiger partial charge in [0.1, 0.15) is 10.6 Å². The molecule has 10 heteroatoms. The van der Waals surface area contributed by atoms with Crippen LogP contribution in [0.1, 0.15) is 10.4 Å². The van der Waals surface area contributed by atoms with Crippen LogP contribution in [0.3, 0.4) is 0 Å². The van der Waals surface area contributed by atoms with E-state index >= 15 is 0 Å². The summed E-state index contributed by atoms with van der Waals surface area (Å²) in [6, 6.07) is 12.6. The Balaban J connectivity index is 1.56. The molecule has 0 aliphatic carbocycles. The first kappa shape index (κ1) is 22.1. The molecule has 160 valence electrons. The van der Waals surface area contributed by atoms with Crippen LogP contribution in [0.25, 0.3) is 0 Å². The second-order valence-corrected chi connectivity index (χ2v) is 8.84. The van der Waals surface area contributed by atoms with Crippen molar-refractivity contribution in [2.45, 2.75) is 4.90 Å². The van der Waals surface area contributed by atoms with E-state index < -0.39 is 16.0 Å². The second-order valence-electron chi connectivity index (χ2n) is 6.52. The van der Waals surface area contributed by atoms with Crippen LogP contribution in [0, 0.1) is 0 Å². The highest BCUT2D eigenvalue weighted by Gasteiger charge is 2.31. The molecule has 0 unspecified atom stereocenters. The molecule has 30 heavy (non-hydrogen) atoms. The van der Waals surface area contributed by atoms with Crippen molar-refractivity contribution < 1.29 is 27.5 Å². The smallest absolute Gasteiger partial charge is 0.337 e. The first-order valence-corrected chi connectivity index (χ1v) is 11.0. The van der Waals surface area contributed by atoms with E-state index in [1.54, 1.807) is 35.2 Å². The first-order chi connectivity index (χ1) is 14.3. The molecule has 0 radical (unpaired) electrons. The molecule has 1 heterocycles. The van der Waals surface area contributed by atoms with Crippen molar-refractivity contribution in [1.29, 1.82) is 0 Å². The topological polar surface area (TPSA) is 93.2 Å². The van der Waals surface area contributed by atoms with Gasteiger partial charge in [0, 0.05) is 26.2 Å². The number of nitrogens with zero attached hydrogens (tertiary/aromatic N) is 2. The van der Waals surface area contributed by atoms with Crippen LogP contribution in [0.2, 0.25) is 5.02 Å². The number of carbonyl (C=O) groups is 2. The molecule has 0 aromatic heterocycles. The summed E-state index contributed by atoms with van der Waals surface area (Å²) in [7, 11) is -2.44. The number of benzene rings is 2. The molecule has 0 atom stereocenters. The van der Waals surface area contributed by atoms with E-state index in [4.69, 9.17) is 16.3 Å². The molecular weight excluding hydrogens is 432 g/mol. The number of amides is 1. The van der Waals surface area contributed by atoms with Crippen LogP contribution >= 0.6 is 11.6 Å². The van der Waals surface area contributed by atoms with Gasteiger partial charge < -0.3 is 14.4 Å². The molecule has 1 aliphatic heterocycles. The van der Waals surface area contributed by atoms with Crippen LogP contribution in [0.4, 0.5) is 0 Å². The van der Waals surface area contributed by atoms with Gasteiger partial charge in [-0.05, 0) is 30.3 Å². The number of esters is 1. The Morgan fingerprint density at radius 3 is 2.40 bits per heavy atom. The number of hydrogen-bond donors (Lipinski definition) is 0. The minimum Gasteiger partial charge on any atom is -0.484 e. The number of ether oxygens (including phenoxy) is 2. The van der Waals surface area contributed by atoms with Crippen molar-refractivity contribution in [1.82, 2.24) is 9.21 Å². The maximum absolute atomic E-state index is 12.8. The maximum atomic E-state index is 12.8. The lowest BCUT2D eigenvalue weighted by Gasteiger charge is -2.34. The highest BCUT2D eigenvalue weighted by atomic mass is 35.5. The summed E-state index contributed by atoms with van der Waals surface area (Å²) in [6.45, 7) is 0.596. The fraction of sp³-hybridized carbons (Fsp3) is 0.300. The number of sulfonamides is 1. The molecule has 3 rings (SSSR count). The Labute approximate surface area is 180 Å². The minimum absolute atomic E-state index is 0.0558. The zero-order valence-corrected chi connectivity index (χ0v) is 17.9. The van der Waals surface area contributed by atoms with Gasteiger partial charge >= 0.3 is 5.97 Å². The van der Waals surface area contributed by atoms with Crippen molar-refractivity contribution in [3.05, 3.63) is 59.1 Å². The molecule has 0 spiro atoms. The van der Waals surface area contributed by atoms with Crippen molar-refractivity contribution in [3.63, 3.8) is 0 Å². The van der Waals surface area contributed by atoms with Gasteiger partial charge in [-0.15, -0.1) is 0 Å². The van der Waals surface area contributed by atoms with E-state index in [1.165, 1.54) is 29.6 Å². The average molecular weight is 453 g/mol. The molecule has 0 N–H and O–H groups in total. The summed E-state index contributed by atoms with van der Waals surface area (Å²) in [5, 5.41) is 0.165. The number of hydrogen-bond acceptors (Lipinski definition) is 6. The zero-order chi connectivity index (χ0) is 21.7. The molecule has 1 aliphatic rings. The SMILES string of the molecule is COC(=O)c1cccc(OCC(=O)N2CCN(S(=O)(=O)c3ccccc3Cl)CC2)c1. The summed E-state index contributed by atoms with van der Waals surface area (Å²) < 4.78 is 37.0. The summed E-state index contributed by atoms with van der Waals surface area (Å²) in [5.41, 5.74) is 0.320. The summed E-state index contributed by atoms with van der Waals surface area (Å²) in [6.07, 6.45) is 0. The molecule has 0 bridgehead atoms. The molecule has 1 saturated heterocycles. The van der Waals surface area contributed by atoms with Crippen LogP contribution < -0.4 is 4.74 Å². The maximum Gasteiger partial charge on any atom is 0.337 e. The van der Waals surface area contributed by atoms with Crippen LogP contribution in [-0.2, 0) is 19.6 Å². The predicted octanol–water partition coefficient (Wildman–Crippen LogP) is 2.04. The van der Waals surface area contributed by atoms with E-state index in [0.717, 1.165) is 0 Å². The van der Waals surface area contributed by atoms with Crippen LogP contribution in [-0.4, -0.2) is 69.4 Å². The summed E-state index contributed by atoms with van der Waals surface area (Å²) in [4.78, 5) is 25.6. The number of methoxy groups -OCH3 is 1. The van der Waals surface area contributed by atoms with Gasteiger partial charge in [0.15, 0.2) is 6.61 Å². The number of carbonyl (C=O) groups excluding carboxylic acids is 2. The van der Waals surface area contributed by atoms with Gasteiger partial charge in [-0.2, -0.15) is 4.31 Å². The van der Waals surface area contributed by atoms with Gasteiger partial charge in [0.2, 0.25) is 10.0 Å². The molecule has 1 amide bonds. The van der Waals surface area contributed by atoms with Crippen molar-refractivity contribution in [3.8, 4) is 5.75 Å². The molecule has 1 fully saturated rings. The van der Waals surface area contributed by atoms with Crippen LogP contribution in [0.5, 0.6) is 5.75 Å². The third-order valence-corrected chi connectivity index (χ3v) is 7.06. The average Bonchev–Trinajstić information content (AvgIpc) is 2.77. The number of rotatable bonds is 6. The predicted molar refractivity (Wildman–Crippen MR) is 110 cm³/mol. The van der Waals surface area contributed by atoms with Crippen molar-refractivity contribution >= 4 is 33.5 Å². The van der Waals surface area contributed by atoms with Gasteiger partial charge in [-0.25, -0.2) is 13.2 Å². The Bertz CT molecular complexity index is 1040. The number of halogens is 1. The molecule has 2 aromatic carbocycles. The largest absolute Gasteiger partial charge is 0.484 e. The molecular formula is C20H21ClN2O6S. The normalized spacial score (nSPS) is 14.9. The highest BCUT2D eigenvalue weighted by molar-refractivity contribution is 7.89. The second kappa shape index (κ2) is 9.46. The molecule has 8 nitrogen and oxygen atoms in total. The monoisotopic (exact) mass is 452 g/mol. The Morgan fingerprint density at radius 1 is 1.03 bits per heavy atom. The van der Waals surface area contributed by atoms with Gasteiger partial charge in [0.05, 0.1) is 17.7 Å². The Hall–Kier alpha value is -2.62. The van der Waals surface area contributed by atoms with Crippen LogP contribution in [0.15, 0.2) is 53.4 Å². The van der Waals surface area contributed by atoms with Gasteiger partial charge in [-0.3, -0.25) is 4.79 Å². The lowest BCUT2D eigenvalue weighted by atomic mass is 10.2. The fourth-order valence-corrected chi connectivity index (χ4v) is 4.95. The zero-order valence-electron chi connectivity index (χ0n) is 16.3. The van der Waals surface area contributed by atoms with E-state index in [0.29, 0.717) is 11.3 Å². The Kier molecular flexibility index (Phi) is 6.96. The Morgan fingerprint density at radius 2 is 1.73 bits per heavy atom. The third kappa shape index (κ3) is 4.92. The highest BCUT2D eigenvalue weighted by Crippen LogP contribution is 2.25. The summed E-state index contributed by atoms with van der Waals surface area (Å²) in [5.74, 6) is -0.401. The van der Waals surface area contributed by atoms with Gasteiger partial charge in [-0.1, -0.05) is 29.8 Å². The van der Waals surface area contributed by atoms with E-state index in [1.807, 2.05) is 0 Å². The van der Waals surface area contributed by atoms with E-state index in [9.17, 15) is 18.0 Å². The van der Waals surface area contributed by atoms with E-state index in [-0.39, 0.29) is 48.6 Å². The van der Waals surface area contributed by atoms with Crippen molar-refractivity contribution in [2.24, 2.45) is 0 Å². The standard InChI is InChI=1S/C20H21ClN2O6S/c1-28-20(25)15-5-4-6-16(13-15)29-14-19(24)22-9-11-23(12-10-22)30(26,27)18-8-3-2-7-17(18)21/h2-8,13H,9-12,14H2,1H3. The molecule has 0 saturated carbocycles. The van der Waals surface area contributed by atoms with Crippen molar-refractivity contribution in [2.75, 3.05) is 39.9 Å². The molecule has 2 aromatic rings.